The largest absolute Gasteiger partial charge is 0.335 e. The van der Waals surface area contributed by atoms with Crippen LogP contribution in [0.3, 0.4) is 0 Å². The van der Waals surface area contributed by atoms with Crippen molar-refractivity contribution in [1.82, 2.24) is 15.1 Å². The molecule has 1 aromatic rings. The van der Waals surface area contributed by atoms with Crippen LogP contribution in [0.5, 0.6) is 0 Å². The van der Waals surface area contributed by atoms with Crippen LogP contribution in [0, 0.1) is 5.82 Å². The van der Waals surface area contributed by atoms with Gasteiger partial charge in [-0.1, -0.05) is 12.1 Å². The Morgan fingerprint density at radius 2 is 2.05 bits per heavy atom. The third kappa shape index (κ3) is 3.40. The fraction of sp³-hybridized carbons (Fsp3) is 0.588. The van der Waals surface area contributed by atoms with Gasteiger partial charge in [0.15, 0.2) is 0 Å². The Kier molecular flexibility index (Phi) is 4.34. The summed E-state index contributed by atoms with van der Waals surface area (Å²) in [5, 5.41) is 3.12. The fourth-order valence-corrected chi connectivity index (χ4v) is 3.24. The first kappa shape index (κ1) is 15.3. The SMILES string of the molecule is CN(C)C1CCCN(C(=O)NC2CC2c2ccc(F)cc2)C1. The van der Waals surface area contributed by atoms with Crippen molar-refractivity contribution in [2.24, 2.45) is 0 Å². The number of hydrogen-bond donors (Lipinski definition) is 1. The average Bonchev–Trinajstić information content (AvgIpc) is 3.27. The Bertz CT molecular complexity index is 531. The van der Waals surface area contributed by atoms with E-state index in [0.29, 0.717) is 12.0 Å². The van der Waals surface area contributed by atoms with Crippen molar-refractivity contribution in [3.8, 4) is 0 Å². The summed E-state index contributed by atoms with van der Waals surface area (Å²) in [7, 11) is 4.13. The van der Waals surface area contributed by atoms with Crippen LogP contribution in [0.15, 0.2) is 24.3 Å². The molecule has 1 aliphatic heterocycles. The number of nitrogens with zero attached hydrogens (tertiary/aromatic N) is 2. The standard InChI is InChI=1S/C17H24FN3O/c1-20(2)14-4-3-9-21(11-14)17(22)19-16-10-15(16)12-5-7-13(18)8-6-12/h5-8,14-16H,3-4,9-11H2,1-2H3,(H,19,22). The Labute approximate surface area is 131 Å². The quantitative estimate of drug-likeness (QED) is 0.931. The molecule has 1 aliphatic carbocycles. The number of nitrogens with one attached hydrogen (secondary N) is 1. The lowest BCUT2D eigenvalue weighted by molar-refractivity contribution is 0.139. The van der Waals surface area contributed by atoms with Crippen LogP contribution in [-0.4, -0.2) is 55.1 Å². The number of hydrogen-bond acceptors (Lipinski definition) is 2. The van der Waals surface area contributed by atoms with Crippen LogP contribution in [-0.2, 0) is 0 Å². The van der Waals surface area contributed by atoms with Gasteiger partial charge in [-0.05, 0) is 51.1 Å². The van der Waals surface area contributed by atoms with Crippen molar-refractivity contribution in [1.29, 1.82) is 0 Å². The molecule has 0 aromatic heterocycles. The molecule has 2 aliphatic rings. The van der Waals surface area contributed by atoms with Crippen LogP contribution in [0.1, 0.15) is 30.7 Å². The maximum Gasteiger partial charge on any atom is 0.317 e. The lowest BCUT2D eigenvalue weighted by atomic mass is 10.1. The van der Waals surface area contributed by atoms with Crippen molar-refractivity contribution in [3.63, 3.8) is 0 Å². The van der Waals surface area contributed by atoms with E-state index < -0.39 is 0 Å². The zero-order valence-electron chi connectivity index (χ0n) is 13.3. The first-order valence-electron chi connectivity index (χ1n) is 8.02. The molecule has 2 amide bonds. The molecule has 4 nitrogen and oxygen atoms in total. The second-order valence-electron chi connectivity index (χ2n) is 6.66. The van der Waals surface area contributed by atoms with Gasteiger partial charge in [0.2, 0.25) is 0 Å². The normalized spacial score (nSPS) is 27.8. The smallest absolute Gasteiger partial charge is 0.317 e. The highest BCUT2D eigenvalue weighted by Crippen LogP contribution is 2.40. The van der Waals surface area contributed by atoms with Gasteiger partial charge in [-0.2, -0.15) is 0 Å². The van der Waals surface area contributed by atoms with Crippen molar-refractivity contribution in [2.75, 3.05) is 27.2 Å². The van der Waals surface area contributed by atoms with Crippen LogP contribution >= 0.6 is 0 Å². The molecule has 5 heteroatoms. The first-order chi connectivity index (χ1) is 10.5. The summed E-state index contributed by atoms with van der Waals surface area (Å²) in [4.78, 5) is 16.5. The number of urea groups is 1. The number of rotatable bonds is 3. The molecule has 0 spiro atoms. The highest BCUT2D eigenvalue weighted by atomic mass is 19.1. The summed E-state index contributed by atoms with van der Waals surface area (Å²) in [6.45, 7) is 1.64. The predicted molar refractivity (Wildman–Crippen MR) is 84.4 cm³/mol. The molecule has 1 saturated heterocycles. The summed E-state index contributed by atoms with van der Waals surface area (Å²) >= 11 is 0. The van der Waals surface area contributed by atoms with Gasteiger partial charge in [-0.15, -0.1) is 0 Å². The van der Waals surface area contributed by atoms with E-state index >= 15 is 0 Å². The van der Waals surface area contributed by atoms with E-state index in [0.717, 1.165) is 37.9 Å². The Balaban J connectivity index is 1.52. The van der Waals surface area contributed by atoms with Gasteiger partial charge in [-0.25, -0.2) is 9.18 Å². The number of benzene rings is 1. The molecular formula is C17H24FN3O. The average molecular weight is 305 g/mol. The number of likely N-dealkylation sites (N-methyl/N-ethyl adjacent to an activating group) is 1. The molecule has 1 aromatic carbocycles. The highest BCUT2D eigenvalue weighted by molar-refractivity contribution is 5.75. The molecular weight excluding hydrogens is 281 g/mol. The van der Waals surface area contributed by atoms with Crippen LogP contribution in [0.4, 0.5) is 9.18 Å². The van der Waals surface area contributed by atoms with Gasteiger partial charge in [0.1, 0.15) is 5.82 Å². The van der Waals surface area contributed by atoms with Crippen molar-refractivity contribution < 1.29 is 9.18 Å². The second-order valence-corrected chi connectivity index (χ2v) is 6.66. The molecule has 1 heterocycles. The Hall–Kier alpha value is -1.62. The van der Waals surface area contributed by atoms with Crippen molar-refractivity contribution in [2.45, 2.75) is 37.3 Å². The number of piperidine rings is 1. The van der Waals surface area contributed by atoms with Gasteiger partial charge >= 0.3 is 6.03 Å². The molecule has 0 bridgehead atoms. The maximum absolute atomic E-state index is 12.9. The Morgan fingerprint density at radius 3 is 2.73 bits per heavy atom. The highest BCUT2D eigenvalue weighted by Gasteiger charge is 2.40. The van der Waals surface area contributed by atoms with Gasteiger partial charge < -0.3 is 15.1 Å². The predicted octanol–water partition coefficient (Wildman–Crippen LogP) is 2.42. The number of carbonyl (C=O) groups is 1. The van der Waals surface area contributed by atoms with Gasteiger partial charge in [-0.3, -0.25) is 0 Å². The van der Waals surface area contributed by atoms with Crippen molar-refractivity contribution in [3.05, 3.63) is 35.6 Å². The van der Waals surface area contributed by atoms with Crippen molar-refractivity contribution >= 4 is 6.03 Å². The monoisotopic (exact) mass is 305 g/mol. The second kappa shape index (κ2) is 6.24. The summed E-state index contributed by atoms with van der Waals surface area (Å²) in [5.41, 5.74) is 1.11. The van der Waals surface area contributed by atoms with E-state index in [-0.39, 0.29) is 17.9 Å². The van der Waals surface area contributed by atoms with Gasteiger partial charge in [0.25, 0.3) is 0 Å². The van der Waals surface area contributed by atoms with Gasteiger partial charge in [0, 0.05) is 31.1 Å². The molecule has 2 fully saturated rings. The fourth-order valence-electron chi connectivity index (χ4n) is 3.24. The van der Waals surface area contributed by atoms with E-state index in [1.165, 1.54) is 12.1 Å². The summed E-state index contributed by atoms with van der Waals surface area (Å²) in [6.07, 6.45) is 3.16. The third-order valence-electron chi connectivity index (χ3n) is 4.81. The lowest BCUT2D eigenvalue weighted by Crippen LogP contribution is -2.51. The van der Waals surface area contributed by atoms with E-state index in [2.05, 4.69) is 24.3 Å². The van der Waals surface area contributed by atoms with Gasteiger partial charge in [0.05, 0.1) is 0 Å². The van der Waals surface area contributed by atoms with Crippen LogP contribution < -0.4 is 5.32 Å². The number of amides is 2. The molecule has 3 rings (SSSR count). The minimum absolute atomic E-state index is 0.0427. The topological polar surface area (TPSA) is 35.6 Å². The minimum Gasteiger partial charge on any atom is -0.335 e. The van der Waals surface area contributed by atoms with E-state index in [1.807, 2.05) is 17.0 Å². The maximum atomic E-state index is 12.9. The molecule has 22 heavy (non-hydrogen) atoms. The molecule has 120 valence electrons. The molecule has 3 atom stereocenters. The molecule has 1 N–H and O–H groups in total. The molecule has 1 saturated carbocycles. The van der Waals surface area contributed by atoms with E-state index in [4.69, 9.17) is 0 Å². The lowest BCUT2D eigenvalue weighted by Gasteiger charge is -2.36. The van der Waals surface area contributed by atoms with Crippen LogP contribution in [0.25, 0.3) is 0 Å². The molecule has 0 radical (unpaired) electrons. The third-order valence-corrected chi connectivity index (χ3v) is 4.81. The minimum atomic E-state index is -0.215. The zero-order valence-corrected chi connectivity index (χ0v) is 13.3. The number of likely N-dealkylation sites (tertiary alicyclic amines) is 1. The Morgan fingerprint density at radius 1 is 1.32 bits per heavy atom. The van der Waals surface area contributed by atoms with E-state index in [9.17, 15) is 9.18 Å². The summed E-state index contributed by atoms with van der Waals surface area (Å²) in [5.74, 6) is 0.118. The number of halogens is 1. The summed E-state index contributed by atoms with van der Waals surface area (Å²) in [6, 6.07) is 7.28. The zero-order chi connectivity index (χ0) is 15.7. The molecule has 3 unspecified atom stereocenters. The van der Waals surface area contributed by atoms with E-state index in [1.54, 1.807) is 0 Å². The first-order valence-corrected chi connectivity index (χ1v) is 8.02. The summed E-state index contributed by atoms with van der Waals surface area (Å²) < 4.78 is 12.9. The number of carbonyl (C=O) groups excluding carboxylic acids is 1. The van der Waals surface area contributed by atoms with Crippen LogP contribution in [0.2, 0.25) is 0 Å².